The minimum absolute atomic E-state index is 0.0499. The molecule has 1 aromatic rings. The number of carbonyl (C=O) groups is 1. The van der Waals surface area contributed by atoms with Crippen LogP contribution in [0.25, 0.3) is 0 Å². The van der Waals surface area contributed by atoms with Gasteiger partial charge < -0.3 is 15.3 Å². The van der Waals surface area contributed by atoms with Crippen LogP contribution in [0.3, 0.4) is 0 Å². The van der Waals surface area contributed by atoms with E-state index >= 15 is 0 Å². The number of likely N-dealkylation sites (N-methyl/N-ethyl adjacent to an activating group) is 1. The number of aliphatic hydroxyl groups is 1. The first-order valence-corrected chi connectivity index (χ1v) is 7.10. The fourth-order valence-corrected chi connectivity index (χ4v) is 2.13. The molecule has 21 heavy (non-hydrogen) atoms. The molecule has 0 radical (unpaired) electrons. The lowest BCUT2D eigenvalue weighted by atomic mass is 10.0. The lowest BCUT2D eigenvalue weighted by Gasteiger charge is -2.19. The lowest BCUT2D eigenvalue weighted by molar-refractivity contribution is 0.0933. The van der Waals surface area contributed by atoms with Crippen LogP contribution in [0.1, 0.15) is 34.8 Å². The van der Waals surface area contributed by atoms with Crippen LogP contribution >= 0.6 is 0 Å². The Labute approximate surface area is 127 Å². The van der Waals surface area contributed by atoms with Crippen LogP contribution in [0.15, 0.2) is 18.2 Å². The van der Waals surface area contributed by atoms with Gasteiger partial charge in [0.15, 0.2) is 0 Å². The van der Waals surface area contributed by atoms with E-state index in [1.807, 2.05) is 51.0 Å². The molecule has 0 spiro atoms. The van der Waals surface area contributed by atoms with E-state index in [0.29, 0.717) is 12.0 Å². The van der Waals surface area contributed by atoms with Crippen LogP contribution in [-0.2, 0) is 0 Å². The second-order valence-electron chi connectivity index (χ2n) is 5.39. The van der Waals surface area contributed by atoms with Crippen LogP contribution in [0.4, 0.5) is 0 Å². The predicted molar refractivity (Wildman–Crippen MR) is 85.2 cm³/mol. The zero-order valence-electron chi connectivity index (χ0n) is 13.2. The zero-order chi connectivity index (χ0) is 15.8. The van der Waals surface area contributed by atoms with Gasteiger partial charge in [0.25, 0.3) is 5.91 Å². The van der Waals surface area contributed by atoms with Gasteiger partial charge in [0.05, 0.1) is 6.61 Å². The topological polar surface area (TPSA) is 52.6 Å². The molecule has 0 aromatic heterocycles. The molecule has 0 aliphatic carbocycles. The number of nitrogens with one attached hydrogen (secondary N) is 1. The highest BCUT2D eigenvalue weighted by Crippen LogP contribution is 2.13. The Kier molecular flexibility index (Phi) is 6.93. The zero-order valence-corrected chi connectivity index (χ0v) is 13.2. The van der Waals surface area contributed by atoms with Gasteiger partial charge in [-0.25, -0.2) is 0 Å². The molecule has 0 aliphatic rings. The standard InChI is InChI=1S/C17H24N2O2/c1-13(12-19(3)4)18-17(21)16-10-7-9-15(14(16)2)8-5-6-11-20/h7,9-10,13,20H,6,11-12H2,1-4H3,(H,18,21). The number of amides is 1. The molecule has 0 bridgehead atoms. The summed E-state index contributed by atoms with van der Waals surface area (Å²) in [6, 6.07) is 5.61. The number of hydrogen-bond donors (Lipinski definition) is 2. The smallest absolute Gasteiger partial charge is 0.251 e. The molecule has 4 nitrogen and oxygen atoms in total. The van der Waals surface area contributed by atoms with E-state index < -0.39 is 0 Å². The monoisotopic (exact) mass is 288 g/mol. The van der Waals surface area contributed by atoms with Crippen LogP contribution in [0, 0.1) is 18.8 Å². The number of rotatable bonds is 5. The Morgan fingerprint density at radius 2 is 2.14 bits per heavy atom. The van der Waals surface area contributed by atoms with E-state index in [4.69, 9.17) is 5.11 Å². The Hall–Kier alpha value is -1.83. The highest BCUT2D eigenvalue weighted by Gasteiger charge is 2.13. The Balaban J connectivity index is 2.86. The Morgan fingerprint density at radius 3 is 2.76 bits per heavy atom. The third kappa shape index (κ3) is 5.58. The molecule has 0 saturated carbocycles. The van der Waals surface area contributed by atoms with Gasteiger partial charge in [-0.1, -0.05) is 17.9 Å². The van der Waals surface area contributed by atoms with Crippen molar-refractivity contribution in [1.29, 1.82) is 0 Å². The number of aliphatic hydroxyl groups excluding tert-OH is 1. The van der Waals surface area contributed by atoms with Gasteiger partial charge in [0.1, 0.15) is 0 Å². The Bertz CT molecular complexity index is 541. The molecular formula is C17H24N2O2. The second kappa shape index (κ2) is 8.46. The first-order valence-electron chi connectivity index (χ1n) is 7.10. The van der Waals surface area contributed by atoms with Crippen molar-refractivity contribution in [3.8, 4) is 11.8 Å². The van der Waals surface area contributed by atoms with Crippen LogP contribution < -0.4 is 5.32 Å². The molecule has 1 rings (SSSR count). The molecule has 1 amide bonds. The van der Waals surface area contributed by atoms with Gasteiger partial charge in [0, 0.05) is 30.1 Å². The summed E-state index contributed by atoms with van der Waals surface area (Å²) in [5.74, 6) is 5.81. The van der Waals surface area contributed by atoms with Gasteiger partial charge in [-0.2, -0.15) is 0 Å². The van der Waals surface area contributed by atoms with Crippen LogP contribution in [0.5, 0.6) is 0 Å². The molecule has 0 aliphatic heterocycles. The number of hydrogen-bond acceptors (Lipinski definition) is 3. The third-order valence-electron chi connectivity index (χ3n) is 3.05. The second-order valence-corrected chi connectivity index (χ2v) is 5.39. The minimum atomic E-state index is -0.0762. The van der Waals surface area contributed by atoms with Crippen LogP contribution in [0.2, 0.25) is 0 Å². The van der Waals surface area contributed by atoms with Gasteiger partial charge in [-0.15, -0.1) is 0 Å². The number of nitrogens with zero attached hydrogens (tertiary/aromatic N) is 1. The van der Waals surface area contributed by atoms with Gasteiger partial charge >= 0.3 is 0 Å². The van der Waals surface area contributed by atoms with Crippen molar-refractivity contribution in [2.75, 3.05) is 27.2 Å². The maximum Gasteiger partial charge on any atom is 0.251 e. The molecule has 1 aromatic carbocycles. The van der Waals surface area contributed by atoms with E-state index in [1.54, 1.807) is 0 Å². The molecule has 0 fully saturated rings. The average Bonchev–Trinajstić information content (AvgIpc) is 2.39. The van der Waals surface area contributed by atoms with E-state index in [2.05, 4.69) is 17.2 Å². The molecular weight excluding hydrogens is 264 g/mol. The summed E-state index contributed by atoms with van der Waals surface area (Å²) < 4.78 is 0. The van der Waals surface area contributed by atoms with Crippen molar-refractivity contribution in [1.82, 2.24) is 10.2 Å². The molecule has 2 N–H and O–H groups in total. The molecule has 1 atom stereocenters. The van der Waals surface area contributed by atoms with Crippen molar-refractivity contribution in [3.63, 3.8) is 0 Å². The highest BCUT2D eigenvalue weighted by molar-refractivity contribution is 5.96. The van der Waals surface area contributed by atoms with Crippen molar-refractivity contribution in [3.05, 3.63) is 34.9 Å². The summed E-state index contributed by atoms with van der Waals surface area (Å²) in [5.41, 5.74) is 2.35. The number of benzene rings is 1. The fourth-order valence-electron chi connectivity index (χ4n) is 2.13. The third-order valence-corrected chi connectivity index (χ3v) is 3.05. The molecule has 0 saturated heterocycles. The fraction of sp³-hybridized carbons (Fsp3) is 0.471. The van der Waals surface area contributed by atoms with Crippen molar-refractivity contribution < 1.29 is 9.90 Å². The van der Waals surface area contributed by atoms with E-state index in [-0.39, 0.29) is 18.6 Å². The summed E-state index contributed by atoms with van der Waals surface area (Å²) >= 11 is 0. The SMILES string of the molecule is Cc1c(C#CCCO)cccc1C(=O)NC(C)CN(C)C. The first kappa shape index (κ1) is 17.2. The van der Waals surface area contributed by atoms with E-state index in [0.717, 1.165) is 17.7 Å². The van der Waals surface area contributed by atoms with Crippen LogP contribution in [-0.4, -0.2) is 49.2 Å². The summed E-state index contributed by atoms with van der Waals surface area (Å²) in [4.78, 5) is 14.4. The predicted octanol–water partition coefficient (Wildman–Crippen LogP) is 1.41. The molecule has 4 heteroatoms. The summed E-state index contributed by atoms with van der Waals surface area (Å²) in [7, 11) is 3.95. The highest BCUT2D eigenvalue weighted by atomic mass is 16.2. The quantitative estimate of drug-likeness (QED) is 0.806. The summed E-state index contributed by atoms with van der Waals surface area (Å²) in [5, 5.41) is 11.8. The average molecular weight is 288 g/mol. The van der Waals surface area contributed by atoms with Gasteiger partial charge in [-0.3, -0.25) is 4.79 Å². The normalized spacial score (nSPS) is 11.7. The first-order chi connectivity index (χ1) is 9.95. The molecule has 114 valence electrons. The lowest BCUT2D eigenvalue weighted by Crippen LogP contribution is -2.39. The van der Waals surface area contributed by atoms with Gasteiger partial charge in [-0.05, 0) is 45.6 Å². The minimum Gasteiger partial charge on any atom is -0.395 e. The van der Waals surface area contributed by atoms with E-state index in [1.165, 1.54) is 0 Å². The largest absolute Gasteiger partial charge is 0.395 e. The summed E-state index contributed by atoms with van der Waals surface area (Å²) in [6.45, 7) is 4.72. The Morgan fingerprint density at radius 1 is 1.43 bits per heavy atom. The maximum absolute atomic E-state index is 12.3. The van der Waals surface area contributed by atoms with Crippen molar-refractivity contribution in [2.24, 2.45) is 0 Å². The molecule has 1 unspecified atom stereocenters. The molecule has 0 heterocycles. The van der Waals surface area contributed by atoms with Gasteiger partial charge in [0.2, 0.25) is 0 Å². The number of carbonyl (C=O) groups excluding carboxylic acids is 1. The van der Waals surface area contributed by atoms with Crippen molar-refractivity contribution in [2.45, 2.75) is 26.3 Å². The maximum atomic E-state index is 12.3. The van der Waals surface area contributed by atoms with Crippen molar-refractivity contribution >= 4 is 5.91 Å². The summed E-state index contributed by atoms with van der Waals surface area (Å²) in [6.07, 6.45) is 0.440. The van der Waals surface area contributed by atoms with E-state index in [9.17, 15) is 4.79 Å².